The average molecular weight is 452 g/mol. The third-order valence-corrected chi connectivity index (χ3v) is 6.13. The van der Waals surface area contributed by atoms with Crippen LogP contribution in [0.2, 0.25) is 0 Å². The third kappa shape index (κ3) is 5.05. The van der Waals surface area contributed by atoms with Crippen LogP contribution in [0.1, 0.15) is 44.7 Å². The zero-order valence-electron chi connectivity index (χ0n) is 20.1. The number of aromatic nitrogens is 3. The highest BCUT2D eigenvalue weighted by Gasteiger charge is 2.27. The molecule has 0 saturated carbocycles. The van der Waals surface area contributed by atoms with E-state index in [9.17, 15) is 4.79 Å². The van der Waals surface area contributed by atoms with Gasteiger partial charge in [-0.3, -0.25) is 0 Å². The topological polar surface area (TPSA) is 95.0 Å². The van der Waals surface area contributed by atoms with Gasteiger partial charge in [0.15, 0.2) is 11.4 Å². The number of likely N-dealkylation sites (tertiary alicyclic amines) is 1. The standard InChI is InChI=1S/C25H33N5O3/c1-16-10-18(11-17-6-8-29(9-7-17)24(31)33-25(2,3)4)21(26)13-20(16)19-12-22(32-5)23-27-15-28-30(23)14-19/h10,12-15,17H,6-9,11,26H2,1-5H3. The summed E-state index contributed by atoms with van der Waals surface area (Å²) in [6.07, 6.45) is 6.03. The number of pyridine rings is 1. The first kappa shape index (κ1) is 22.9. The number of methoxy groups -OCH3 is 1. The summed E-state index contributed by atoms with van der Waals surface area (Å²) in [5, 5.41) is 4.26. The maximum atomic E-state index is 12.3. The first-order chi connectivity index (χ1) is 15.6. The monoisotopic (exact) mass is 451 g/mol. The Bertz CT molecular complexity index is 1160. The van der Waals surface area contributed by atoms with Crippen LogP contribution in [0.15, 0.2) is 30.7 Å². The van der Waals surface area contributed by atoms with Gasteiger partial charge in [-0.25, -0.2) is 14.3 Å². The third-order valence-electron chi connectivity index (χ3n) is 6.13. The smallest absolute Gasteiger partial charge is 0.410 e. The van der Waals surface area contributed by atoms with Gasteiger partial charge in [0, 0.05) is 30.5 Å². The van der Waals surface area contributed by atoms with E-state index in [4.69, 9.17) is 15.2 Å². The molecular formula is C25H33N5O3. The SMILES string of the molecule is COc1cc(-c2cc(N)c(CC3CCN(C(=O)OC(C)(C)C)CC3)cc2C)cn2ncnc12. The highest BCUT2D eigenvalue weighted by atomic mass is 16.6. The number of amides is 1. The second kappa shape index (κ2) is 8.92. The molecule has 4 rings (SSSR count). The van der Waals surface area contributed by atoms with E-state index in [1.54, 1.807) is 11.6 Å². The van der Waals surface area contributed by atoms with Gasteiger partial charge in [0.2, 0.25) is 0 Å². The van der Waals surface area contributed by atoms with E-state index in [0.717, 1.165) is 47.2 Å². The number of nitrogens with two attached hydrogens (primary N) is 1. The zero-order valence-corrected chi connectivity index (χ0v) is 20.1. The van der Waals surface area contributed by atoms with E-state index >= 15 is 0 Å². The molecular weight excluding hydrogens is 418 g/mol. The number of anilines is 1. The minimum Gasteiger partial charge on any atom is -0.493 e. The molecule has 176 valence electrons. The van der Waals surface area contributed by atoms with E-state index in [1.165, 1.54) is 6.33 Å². The number of ether oxygens (including phenoxy) is 2. The van der Waals surface area contributed by atoms with Gasteiger partial charge in [-0.05, 0) is 81.7 Å². The van der Waals surface area contributed by atoms with E-state index < -0.39 is 5.60 Å². The van der Waals surface area contributed by atoms with Crippen LogP contribution in [0, 0.1) is 12.8 Å². The van der Waals surface area contributed by atoms with Crippen LogP contribution in [0.4, 0.5) is 10.5 Å². The first-order valence-electron chi connectivity index (χ1n) is 11.4. The Labute approximate surface area is 194 Å². The molecule has 0 bridgehead atoms. The van der Waals surface area contributed by atoms with Crippen LogP contribution in [0.5, 0.6) is 5.75 Å². The van der Waals surface area contributed by atoms with Gasteiger partial charge in [-0.1, -0.05) is 6.07 Å². The van der Waals surface area contributed by atoms with Gasteiger partial charge in [0.25, 0.3) is 0 Å². The Balaban J connectivity index is 1.47. The summed E-state index contributed by atoms with van der Waals surface area (Å²) in [4.78, 5) is 18.4. The second-order valence-corrected chi connectivity index (χ2v) is 9.81. The second-order valence-electron chi connectivity index (χ2n) is 9.81. The number of hydrogen-bond donors (Lipinski definition) is 1. The number of rotatable bonds is 4. The Kier molecular flexibility index (Phi) is 6.19. The fourth-order valence-electron chi connectivity index (χ4n) is 4.42. The first-order valence-corrected chi connectivity index (χ1v) is 11.4. The Hall–Kier alpha value is -3.29. The number of piperidine rings is 1. The van der Waals surface area contributed by atoms with Crippen LogP contribution in [-0.4, -0.2) is 51.4 Å². The quantitative estimate of drug-likeness (QED) is 0.588. The number of benzene rings is 1. The summed E-state index contributed by atoms with van der Waals surface area (Å²) in [6, 6.07) is 6.19. The molecule has 0 spiro atoms. The van der Waals surface area contributed by atoms with Crippen molar-refractivity contribution in [2.45, 2.75) is 52.6 Å². The van der Waals surface area contributed by atoms with E-state index in [-0.39, 0.29) is 6.09 Å². The zero-order chi connectivity index (χ0) is 23.8. The molecule has 0 radical (unpaired) electrons. The van der Waals surface area contributed by atoms with Crippen molar-refractivity contribution in [3.63, 3.8) is 0 Å². The lowest BCUT2D eigenvalue weighted by Crippen LogP contribution is -2.42. The van der Waals surface area contributed by atoms with Crippen molar-refractivity contribution in [1.29, 1.82) is 0 Å². The van der Waals surface area contributed by atoms with Crippen molar-refractivity contribution in [2.75, 3.05) is 25.9 Å². The normalized spacial score (nSPS) is 15.1. The summed E-state index contributed by atoms with van der Waals surface area (Å²) in [6.45, 7) is 9.22. The molecule has 3 heterocycles. The molecule has 1 aliphatic heterocycles. The van der Waals surface area contributed by atoms with Crippen LogP contribution < -0.4 is 10.5 Å². The van der Waals surface area contributed by atoms with E-state index in [0.29, 0.717) is 30.4 Å². The molecule has 33 heavy (non-hydrogen) atoms. The highest BCUT2D eigenvalue weighted by molar-refractivity contribution is 5.75. The Morgan fingerprint density at radius 2 is 1.94 bits per heavy atom. The molecule has 0 aliphatic carbocycles. The molecule has 8 nitrogen and oxygen atoms in total. The van der Waals surface area contributed by atoms with Crippen molar-refractivity contribution in [1.82, 2.24) is 19.5 Å². The average Bonchev–Trinajstić information content (AvgIpc) is 3.23. The van der Waals surface area contributed by atoms with Gasteiger partial charge in [-0.2, -0.15) is 5.10 Å². The predicted octanol–water partition coefficient (Wildman–Crippen LogP) is 4.49. The predicted molar refractivity (Wildman–Crippen MR) is 128 cm³/mol. The number of hydrogen-bond acceptors (Lipinski definition) is 6. The molecule has 0 atom stereocenters. The van der Waals surface area contributed by atoms with Crippen LogP contribution in [-0.2, 0) is 11.2 Å². The van der Waals surface area contributed by atoms with Gasteiger partial charge in [0.1, 0.15) is 11.9 Å². The van der Waals surface area contributed by atoms with Gasteiger partial charge in [-0.15, -0.1) is 0 Å². The molecule has 0 unspecified atom stereocenters. The van der Waals surface area contributed by atoms with Gasteiger partial charge in [0.05, 0.1) is 7.11 Å². The highest BCUT2D eigenvalue weighted by Crippen LogP contribution is 2.33. The Morgan fingerprint density at radius 1 is 1.21 bits per heavy atom. The van der Waals surface area contributed by atoms with Crippen molar-refractivity contribution in [3.8, 4) is 16.9 Å². The fourth-order valence-corrected chi connectivity index (χ4v) is 4.42. The van der Waals surface area contributed by atoms with Crippen molar-refractivity contribution >= 4 is 17.4 Å². The summed E-state index contributed by atoms with van der Waals surface area (Å²) in [5.41, 5.74) is 11.8. The lowest BCUT2D eigenvalue weighted by molar-refractivity contribution is 0.0184. The number of carbonyl (C=O) groups excluding carboxylic acids is 1. The summed E-state index contributed by atoms with van der Waals surface area (Å²) >= 11 is 0. The minimum atomic E-state index is -0.468. The number of nitrogen functional groups attached to an aromatic ring is 1. The van der Waals surface area contributed by atoms with E-state index in [2.05, 4.69) is 23.1 Å². The number of fused-ring (bicyclic) bond motifs is 1. The van der Waals surface area contributed by atoms with Crippen LogP contribution in [0.3, 0.4) is 0 Å². The minimum absolute atomic E-state index is 0.222. The number of carbonyl (C=O) groups is 1. The van der Waals surface area contributed by atoms with Gasteiger partial charge < -0.3 is 20.1 Å². The molecule has 1 fully saturated rings. The maximum absolute atomic E-state index is 12.3. The van der Waals surface area contributed by atoms with Gasteiger partial charge >= 0.3 is 6.09 Å². The number of nitrogens with zero attached hydrogens (tertiary/aromatic N) is 4. The summed E-state index contributed by atoms with van der Waals surface area (Å²) < 4.78 is 12.7. The molecule has 1 saturated heterocycles. The lowest BCUT2D eigenvalue weighted by Gasteiger charge is -2.33. The largest absolute Gasteiger partial charge is 0.493 e. The van der Waals surface area contributed by atoms with Crippen LogP contribution in [0.25, 0.3) is 16.8 Å². The van der Waals surface area contributed by atoms with Crippen molar-refractivity contribution in [3.05, 3.63) is 41.9 Å². The van der Waals surface area contributed by atoms with Crippen molar-refractivity contribution in [2.24, 2.45) is 5.92 Å². The van der Waals surface area contributed by atoms with E-state index in [1.807, 2.05) is 44.0 Å². The summed E-state index contributed by atoms with van der Waals surface area (Å²) in [5.74, 6) is 1.16. The molecule has 2 N–H and O–H groups in total. The molecule has 3 aromatic rings. The van der Waals surface area contributed by atoms with Crippen molar-refractivity contribution < 1.29 is 14.3 Å². The molecule has 1 amide bonds. The molecule has 1 aliphatic rings. The van der Waals surface area contributed by atoms with Crippen LogP contribution >= 0.6 is 0 Å². The lowest BCUT2D eigenvalue weighted by atomic mass is 9.88. The Morgan fingerprint density at radius 3 is 2.61 bits per heavy atom. The fraction of sp³-hybridized carbons (Fsp3) is 0.480. The maximum Gasteiger partial charge on any atom is 0.410 e. The number of aryl methyl sites for hydroxylation is 1. The summed E-state index contributed by atoms with van der Waals surface area (Å²) in [7, 11) is 1.63. The molecule has 1 aromatic carbocycles. The molecule has 8 heteroatoms. The molecule has 2 aromatic heterocycles.